The summed E-state index contributed by atoms with van der Waals surface area (Å²) in [5.41, 5.74) is 11.2. The van der Waals surface area contributed by atoms with Gasteiger partial charge < -0.3 is 42.7 Å². The molecule has 1 aromatic rings. The highest BCUT2D eigenvalue weighted by atomic mass is 16.4. The van der Waals surface area contributed by atoms with Crippen LogP contribution in [0.4, 0.5) is 0 Å². The van der Waals surface area contributed by atoms with Crippen molar-refractivity contribution in [1.29, 1.82) is 0 Å². The Morgan fingerprint density at radius 1 is 0.857 bits per heavy atom. The van der Waals surface area contributed by atoms with Crippen LogP contribution >= 0.6 is 0 Å². The van der Waals surface area contributed by atoms with E-state index in [1.807, 2.05) is 0 Å². The fraction of sp³-hybridized carbons (Fsp3) is 0.429. The Hall–Kier alpha value is -4.04. The van der Waals surface area contributed by atoms with Crippen molar-refractivity contribution in [3.8, 4) is 0 Å². The normalized spacial score (nSPS) is 14.9. The summed E-state index contributed by atoms with van der Waals surface area (Å²) >= 11 is 0. The maximum Gasteiger partial charge on any atom is 0.328 e. The third-order valence-corrected chi connectivity index (χ3v) is 4.73. The molecule has 14 heteroatoms. The maximum atomic E-state index is 12.9. The summed E-state index contributed by atoms with van der Waals surface area (Å²) in [6.45, 7) is 1.16. The summed E-state index contributed by atoms with van der Waals surface area (Å²) in [4.78, 5) is 71.5. The van der Waals surface area contributed by atoms with Crippen molar-refractivity contribution in [1.82, 2.24) is 16.0 Å². The molecule has 0 saturated heterocycles. The van der Waals surface area contributed by atoms with Crippen LogP contribution in [-0.2, 0) is 35.2 Å². The van der Waals surface area contributed by atoms with E-state index in [0.717, 1.165) is 6.92 Å². The lowest BCUT2D eigenvalue weighted by molar-refractivity contribution is -0.145. The number of carbonyl (C=O) groups excluding carboxylic acids is 4. The molecule has 0 aromatic heterocycles. The molecule has 0 fully saturated rings. The molecule has 5 atom stereocenters. The monoisotopic (exact) mass is 495 g/mol. The quantitative estimate of drug-likeness (QED) is 0.128. The zero-order valence-electron chi connectivity index (χ0n) is 18.8. The van der Waals surface area contributed by atoms with Gasteiger partial charge in [0.1, 0.15) is 12.1 Å². The lowest BCUT2D eigenvalue weighted by Gasteiger charge is -2.25. The topological polar surface area (TPSA) is 251 Å². The number of nitrogens with one attached hydrogen (secondary N) is 3. The number of carboxylic acid groups (broad SMARTS) is 2. The number of rotatable bonds is 14. The molecule has 0 saturated carbocycles. The van der Waals surface area contributed by atoms with E-state index in [2.05, 4.69) is 16.0 Å². The van der Waals surface area contributed by atoms with Gasteiger partial charge in [0.2, 0.25) is 23.6 Å². The number of aliphatic hydroxyl groups excluding tert-OH is 1. The number of nitrogens with two attached hydrogens (primary N) is 2. The van der Waals surface area contributed by atoms with Gasteiger partial charge in [-0.3, -0.25) is 24.0 Å². The minimum absolute atomic E-state index is 0.111. The Morgan fingerprint density at radius 2 is 1.40 bits per heavy atom. The van der Waals surface area contributed by atoms with Crippen molar-refractivity contribution in [2.75, 3.05) is 0 Å². The molecule has 14 nitrogen and oxygen atoms in total. The first-order chi connectivity index (χ1) is 16.3. The molecule has 35 heavy (non-hydrogen) atoms. The zero-order valence-corrected chi connectivity index (χ0v) is 18.8. The highest BCUT2D eigenvalue weighted by Crippen LogP contribution is 2.06. The van der Waals surface area contributed by atoms with Crippen LogP contribution in [-0.4, -0.2) is 81.2 Å². The second-order valence-corrected chi connectivity index (χ2v) is 7.75. The number of amides is 4. The molecule has 0 spiro atoms. The number of carboxylic acids is 2. The number of hydrogen-bond donors (Lipinski definition) is 8. The van der Waals surface area contributed by atoms with E-state index in [4.69, 9.17) is 16.6 Å². The second kappa shape index (κ2) is 13.6. The van der Waals surface area contributed by atoms with Crippen LogP contribution in [0.15, 0.2) is 30.3 Å². The van der Waals surface area contributed by atoms with Gasteiger partial charge in [-0.25, -0.2) is 4.79 Å². The van der Waals surface area contributed by atoms with E-state index >= 15 is 0 Å². The summed E-state index contributed by atoms with van der Waals surface area (Å²) < 4.78 is 0. The Kier molecular flexibility index (Phi) is 11.3. The summed E-state index contributed by atoms with van der Waals surface area (Å²) in [5.74, 6) is -6.89. The first kappa shape index (κ1) is 29.0. The van der Waals surface area contributed by atoms with E-state index in [9.17, 15) is 39.0 Å². The summed E-state index contributed by atoms with van der Waals surface area (Å²) in [7, 11) is 0. The molecule has 0 radical (unpaired) electrons. The zero-order chi connectivity index (χ0) is 26.7. The minimum Gasteiger partial charge on any atom is -0.481 e. The molecule has 0 heterocycles. The fourth-order valence-electron chi connectivity index (χ4n) is 2.94. The third kappa shape index (κ3) is 10.2. The lowest BCUT2D eigenvalue weighted by atomic mass is 10.0. The molecule has 0 bridgehead atoms. The summed E-state index contributed by atoms with van der Waals surface area (Å²) in [6, 6.07) is 2.15. The first-order valence-corrected chi connectivity index (χ1v) is 10.4. The SMILES string of the molecule is CC(O)C(NC(=O)C(Cc1ccccc1)NC(=O)C(CC(N)=O)NC(=O)C(N)CC(=O)O)C(=O)O. The summed E-state index contributed by atoms with van der Waals surface area (Å²) in [5, 5.41) is 34.3. The van der Waals surface area contributed by atoms with E-state index < -0.39 is 78.7 Å². The molecule has 1 aromatic carbocycles. The average Bonchev–Trinajstić information content (AvgIpc) is 2.75. The van der Waals surface area contributed by atoms with Crippen LogP contribution < -0.4 is 27.4 Å². The van der Waals surface area contributed by atoms with Crippen LogP contribution in [0.3, 0.4) is 0 Å². The molecule has 5 unspecified atom stereocenters. The molecular formula is C21H29N5O9. The van der Waals surface area contributed by atoms with Gasteiger partial charge in [-0.1, -0.05) is 30.3 Å². The number of aliphatic hydroxyl groups is 1. The predicted octanol–water partition coefficient (Wildman–Crippen LogP) is -3.17. The van der Waals surface area contributed by atoms with E-state index in [-0.39, 0.29) is 6.42 Å². The Labute approximate surface area is 200 Å². The number of primary amides is 1. The van der Waals surface area contributed by atoms with Crippen LogP contribution in [0.25, 0.3) is 0 Å². The number of hydrogen-bond acceptors (Lipinski definition) is 8. The Balaban J connectivity index is 3.13. The van der Waals surface area contributed by atoms with Crippen molar-refractivity contribution in [2.45, 2.75) is 56.5 Å². The molecular weight excluding hydrogens is 466 g/mol. The van der Waals surface area contributed by atoms with Crippen LogP contribution in [0, 0.1) is 0 Å². The van der Waals surface area contributed by atoms with Crippen LogP contribution in [0.5, 0.6) is 0 Å². The molecule has 10 N–H and O–H groups in total. The van der Waals surface area contributed by atoms with Crippen molar-refractivity contribution >= 4 is 35.6 Å². The Bertz CT molecular complexity index is 938. The van der Waals surface area contributed by atoms with Crippen molar-refractivity contribution in [3.63, 3.8) is 0 Å². The van der Waals surface area contributed by atoms with Gasteiger partial charge >= 0.3 is 11.9 Å². The van der Waals surface area contributed by atoms with E-state index in [0.29, 0.717) is 5.56 Å². The van der Waals surface area contributed by atoms with Gasteiger partial charge in [0.15, 0.2) is 6.04 Å². The van der Waals surface area contributed by atoms with Crippen molar-refractivity contribution < 1.29 is 44.1 Å². The molecule has 0 aliphatic rings. The number of benzene rings is 1. The smallest absolute Gasteiger partial charge is 0.328 e. The summed E-state index contributed by atoms with van der Waals surface area (Å²) in [6.07, 6.45) is -3.00. The maximum absolute atomic E-state index is 12.9. The second-order valence-electron chi connectivity index (χ2n) is 7.75. The third-order valence-electron chi connectivity index (χ3n) is 4.73. The van der Waals surface area contributed by atoms with Crippen molar-refractivity contribution in [3.05, 3.63) is 35.9 Å². The van der Waals surface area contributed by atoms with Gasteiger partial charge in [-0.05, 0) is 12.5 Å². The molecule has 192 valence electrons. The van der Waals surface area contributed by atoms with Gasteiger partial charge in [0.25, 0.3) is 0 Å². The highest BCUT2D eigenvalue weighted by Gasteiger charge is 2.32. The van der Waals surface area contributed by atoms with Crippen LogP contribution in [0.1, 0.15) is 25.3 Å². The van der Waals surface area contributed by atoms with E-state index in [1.165, 1.54) is 0 Å². The predicted molar refractivity (Wildman–Crippen MR) is 119 cm³/mol. The standard InChI is InChI=1S/C21H29N5O9/c1-10(27)17(21(34)35)26-20(33)13(7-11-5-3-2-4-6-11)25-19(32)14(9-15(23)28)24-18(31)12(22)8-16(29)30/h2-6,10,12-14,17,27H,7-9,22H2,1H3,(H2,23,28)(H,24,31)(H,25,32)(H,26,33)(H,29,30)(H,34,35). The molecule has 1 rings (SSSR count). The van der Waals surface area contributed by atoms with Crippen molar-refractivity contribution in [2.24, 2.45) is 11.5 Å². The van der Waals surface area contributed by atoms with Gasteiger partial charge in [-0.2, -0.15) is 0 Å². The first-order valence-electron chi connectivity index (χ1n) is 10.4. The fourth-order valence-corrected chi connectivity index (χ4v) is 2.94. The van der Waals surface area contributed by atoms with Gasteiger partial charge in [-0.15, -0.1) is 0 Å². The average molecular weight is 495 g/mol. The lowest BCUT2D eigenvalue weighted by Crippen LogP contribution is -2.59. The molecule has 0 aliphatic carbocycles. The van der Waals surface area contributed by atoms with Gasteiger partial charge in [0, 0.05) is 6.42 Å². The molecule has 0 aliphatic heterocycles. The molecule has 4 amide bonds. The number of carbonyl (C=O) groups is 6. The number of aliphatic carboxylic acids is 2. The Morgan fingerprint density at radius 3 is 1.89 bits per heavy atom. The van der Waals surface area contributed by atoms with Crippen LogP contribution in [0.2, 0.25) is 0 Å². The van der Waals surface area contributed by atoms with Gasteiger partial charge in [0.05, 0.1) is 25.0 Å². The van der Waals surface area contributed by atoms with E-state index in [1.54, 1.807) is 30.3 Å². The highest BCUT2D eigenvalue weighted by molar-refractivity contribution is 5.96. The minimum atomic E-state index is -1.67. The largest absolute Gasteiger partial charge is 0.481 e.